The fourth-order valence-electron chi connectivity index (χ4n) is 4.18. The number of hydrogen-bond donors (Lipinski definition) is 5. The second kappa shape index (κ2) is 11.4. The zero-order chi connectivity index (χ0) is 30.1. The average molecular weight is 629 g/mol. The van der Waals surface area contributed by atoms with Crippen LogP contribution in [0.3, 0.4) is 0 Å². The Morgan fingerprint density at radius 1 is 0.810 bits per heavy atom. The normalized spacial score (nSPS) is 12.5. The van der Waals surface area contributed by atoms with Crippen LogP contribution in [0.4, 0.5) is 5.82 Å². The Kier molecular flexibility index (Phi) is 8.03. The molecular weight excluding hydrogens is 606 g/mol. The molecule has 0 atom stereocenters. The summed E-state index contributed by atoms with van der Waals surface area (Å²) in [6.07, 6.45) is 3.56. The third kappa shape index (κ3) is 6.14. The topological polar surface area (TPSA) is 216 Å². The van der Waals surface area contributed by atoms with Gasteiger partial charge >= 0.3 is 15.5 Å². The van der Waals surface area contributed by atoms with Gasteiger partial charge in [0, 0.05) is 28.0 Å². The Morgan fingerprint density at radius 2 is 1.52 bits per heavy atom. The largest absolute Gasteiger partial charge is 0.426 e. The molecule has 0 radical (unpaired) electrons. The van der Waals surface area contributed by atoms with Crippen molar-refractivity contribution < 1.29 is 37.1 Å². The molecule has 0 fully saturated rings. The van der Waals surface area contributed by atoms with Crippen LogP contribution in [-0.4, -0.2) is 51.8 Å². The molecule has 3 heterocycles. The number of benzene rings is 2. The van der Waals surface area contributed by atoms with E-state index < -0.39 is 34.3 Å². The quantitative estimate of drug-likeness (QED) is 0.148. The average Bonchev–Trinajstić information content (AvgIpc) is 2.94. The Morgan fingerprint density at radius 3 is 2.19 bits per heavy atom. The van der Waals surface area contributed by atoms with Crippen LogP contribution < -0.4 is 5.32 Å². The van der Waals surface area contributed by atoms with Crippen molar-refractivity contribution in [2.24, 2.45) is 0 Å². The highest BCUT2D eigenvalue weighted by molar-refractivity contribution is 8.00. The van der Waals surface area contributed by atoms with Crippen LogP contribution in [0.25, 0.3) is 33.4 Å². The lowest BCUT2D eigenvalue weighted by Gasteiger charge is -2.22. The predicted octanol–water partition coefficient (Wildman–Crippen LogP) is 3.54. The minimum Gasteiger partial charge on any atom is -0.364 e. The van der Waals surface area contributed by atoms with Gasteiger partial charge in [0.05, 0.1) is 23.1 Å². The number of nitrogens with zero attached hydrogens (tertiary/aromatic N) is 5. The lowest BCUT2D eigenvalue weighted by molar-refractivity contribution is 0.304. The van der Waals surface area contributed by atoms with Crippen LogP contribution >= 0.6 is 15.5 Å². The fourth-order valence-corrected chi connectivity index (χ4v) is 8.86. The molecule has 0 unspecified atom stereocenters. The molecular formula is C25H22N6O8P2S. The first-order valence-corrected chi connectivity index (χ1v) is 16.6. The summed E-state index contributed by atoms with van der Waals surface area (Å²) in [5, 5.41) is 3.92. The zero-order valence-corrected chi connectivity index (χ0v) is 23.9. The minimum atomic E-state index is -5.98. The van der Waals surface area contributed by atoms with E-state index in [2.05, 4.69) is 25.3 Å². The summed E-state index contributed by atoms with van der Waals surface area (Å²) in [5.74, 6) is 0.361. The Bertz CT molecular complexity index is 1950. The molecule has 17 heteroatoms. The van der Waals surface area contributed by atoms with Crippen molar-refractivity contribution in [2.75, 3.05) is 5.32 Å². The third-order valence-electron chi connectivity index (χ3n) is 5.90. The van der Waals surface area contributed by atoms with E-state index in [0.717, 1.165) is 17.2 Å². The predicted molar refractivity (Wildman–Crippen MR) is 153 cm³/mol. The van der Waals surface area contributed by atoms with Gasteiger partial charge in [0.1, 0.15) is 10.7 Å². The molecule has 0 spiro atoms. The smallest absolute Gasteiger partial charge is 0.364 e. The summed E-state index contributed by atoms with van der Waals surface area (Å²) in [5.41, 5.74) is 2.90. The Labute approximate surface area is 239 Å². The molecule has 2 aromatic carbocycles. The van der Waals surface area contributed by atoms with E-state index in [1.165, 1.54) is 6.20 Å². The van der Waals surface area contributed by atoms with Crippen molar-refractivity contribution >= 4 is 42.2 Å². The summed E-state index contributed by atoms with van der Waals surface area (Å²) in [7, 11) is -17.4. The van der Waals surface area contributed by atoms with Gasteiger partial charge in [-0.25, -0.2) is 27.5 Å². The van der Waals surface area contributed by atoms with Gasteiger partial charge in [-0.05, 0) is 35.4 Å². The van der Waals surface area contributed by atoms with Crippen LogP contribution in [0.1, 0.15) is 5.69 Å². The molecule has 3 aromatic heterocycles. The maximum absolute atomic E-state index is 13.0. The van der Waals surface area contributed by atoms with Gasteiger partial charge in [-0.2, -0.15) is 0 Å². The van der Waals surface area contributed by atoms with Crippen molar-refractivity contribution in [3.8, 4) is 22.5 Å². The highest BCUT2D eigenvalue weighted by Gasteiger charge is 2.50. The highest BCUT2D eigenvalue weighted by Crippen LogP contribution is 2.61. The summed E-state index contributed by atoms with van der Waals surface area (Å²) < 4.78 is 48.4. The Hall–Kier alpha value is -3.91. The third-order valence-corrected chi connectivity index (χ3v) is 12.0. The zero-order valence-electron chi connectivity index (χ0n) is 21.3. The van der Waals surface area contributed by atoms with Crippen LogP contribution in [0, 0.1) is 0 Å². The monoisotopic (exact) mass is 628 g/mol. The second-order valence-electron chi connectivity index (χ2n) is 8.80. The van der Waals surface area contributed by atoms with E-state index in [0.29, 0.717) is 28.6 Å². The molecule has 5 rings (SSSR count). The molecule has 0 saturated heterocycles. The number of hydrogen-bond acceptors (Lipinski definition) is 9. The molecule has 0 aliphatic carbocycles. The number of rotatable bonds is 9. The van der Waals surface area contributed by atoms with Crippen molar-refractivity contribution in [2.45, 2.75) is 11.4 Å². The molecule has 42 heavy (non-hydrogen) atoms. The highest BCUT2D eigenvalue weighted by atomic mass is 32.2. The van der Waals surface area contributed by atoms with Gasteiger partial charge in [-0.1, -0.05) is 48.5 Å². The standard InChI is InChI=1S/C25H22N6O8P2S/c32-40(33,34)31(41(35,36)37)42(38,39)20-13-18(14-26-16-20)24-29-22-11-6-10-21(17-7-2-1-3-8-17)23(22)25(30-24)28-15-19-9-4-5-12-27-19/h1-14,16H,15H2,(H,28,29,30)(H2,32,33,34)(H2,35,36,37). The van der Waals surface area contributed by atoms with Crippen molar-refractivity contribution in [1.29, 1.82) is 0 Å². The van der Waals surface area contributed by atoms with E-state index in [1.807, 2.05) is 48.5 Å². The first kappa shape index (κ1) is 29.6. The van der Waals surface area contributed by atoms with E-state index in [4.69, 9.17) is 0 Å². The fraction of sp³-hybridized carbons (Fsp3) is 0.0400. The number of sulfonamides is 1. The van der Waals surface area contributed by atoms with Crippen LogP contribution in [0.2, 0.25) is 0 Å². The lowest BCUT2D eigenvalue weighted by Crippen LogP contribution is -2.25. The van der Waals surface area contributed by atoms with Crippen molar-refractivity contribution in [3.63, 3.8) is 0 Å². The molecule has 0 saturated carbocycles. The maximum atomic E-state index is 13.0. The van der Waals surface area contributed by atoms with E-state index >= 15 is 0 Å². The lowest BCUT2D eigenvalue weighted by atomic mass is 10.0. The molecule has 0 aliphatic rings. The summed E-state index contributed by atoms with van der Waals surface area (Å²) >= 11 is 0. The van der Waals surface area contributed by atoms with Gasteiger partial charge in [0.2, 0.25) is 0 Å². The molecule has 216 valence electrons. The SMILES string of the molecule is O=P(O)(O)N(P(=O)(O)O)S(=O)(=O)c1cncc(-c2nc(NCc3ccccn3)c3c(-c4ccccc4)cccc3n2)c1. The van der Waals surface area contributed by atoms with Gasteiger partial charge in [0.15, 0.2) is 5.82 Å². The Balaban J connectivity index is 1.67. The van der Waals surface area contributed by atoms with Crippen LogP contribution in [0.15, 0.2) is 96.3 Å². The van der Waals surface area contributed by atoms with Crippen molar-refractivity contribution in [3.05, 3.63) is 97.1 Å². The first-order valence-electron chi connectivity index (χ1n) is 12.0. The molecule has 0 amide bonds. The van der Waals surface area contributed by atoms with Crippen LogP contribution in [0.5, 0.6) is 0 Å². The van der Waals surface area contributed by atoms with Gasteiger partial charge < -0.3 is 24.9 Å². The van der Waals surface area contributed by atoms with Gasteiger partial charge in [-0.15, -0.1) is 0 Å². The number of pyridine rings is 2. The summed E-state index contributed by atoms with van der Waals surface area (Å²) in [6, 6.07) is 21.3. The van der Waals surface area contributed by atoms with E-state index in [1.54, 1.807) is 24.4 Å². The van der Waals surface area contributed by atoms with Crippen molar-refractivity contribution in [1.82, 2.24) is 23.8 Å². The maximum Gasteiger partial charge on any atom is 0.426 e. The molecule has 0 bridgehead atoms. The molecule has 5 N–H and O–H groups in total. The minimum absolute atomic E-state index is 0.000323. The first-order chi connectivity index (χ1) is 19.9. The molecule has 5 aromatic rings. The van der Waals surface area contributed by atoms with E-state index in [-0.39, 0.29) is 17.9 Å². The molecule has 14 nitrogen and oxygen atoms in total. The number of anilines is 1. The van der Waals surface area contributed by atoms with Gasteiger partial charge in [-0.3, -0.25) is 9.97 Å². The molecule has 0 aliphatic heterocycles. The second-order valence-corrected chi connectivity index (χ2v) is 14.3. The summed E-state index contributed by atoms with van der Waals surface area (Å²) in [6.45, 7) is 0.279. The van der Waals surface area contributed by atoms with Gasteiger partial charge in [0.25, 0.3) is 10.0 Å². The number of nitrogens with one attached hydrogen (secondary N) is 1. The number of aromatic nitrogens is 4. The summed E-state index contributed by atoms with van der Waals surface area (Å²) in [4.78, 5) is 54.2. The van der Waals surface area contributed by atoms with E-state index in [9.17, 15) is 37.1 Å². The van der Waals surface area contributed by atoms with Crippen LogP contribution in [-0.2, 0) is 25.7 Å². The number of fused-ring (bicyclic) bond motifs is 1.